The zero-order chi connectivity index (χ0) is 10.8. The van der Waals surface area contributed by atoms with Gasteiger partial charge in [0.15, 0.2) is 0 Å². The van der Waals surface area contributed by atoms with Crippen molar-refractivity contribution in [2.24, 2.45) is 0 Å². The molecule has 4 heteroatoms. The van der Waals surface area contributed by atoms with Crippen molar-refractivity contribution in [3.63, 3.8) is 0 Å². The van der Waals surface area contributed by atoms with E-state index in [9.17, 15) is 4.79 Å². The topological polar surface area (TPSA) is 47.6 Å². The minimum atomic E-state index is -0.431. The molecule has 1 aliphatic heterocycles. The van der Waals surface area contributed by atoms with E-state index in [0.717, 1.165) is 0 Å². The Kier molecular flexibility index (Phi) is 3.50. The van der Waals surface area contributed by atoms with Crippen molar-refractivity contribution in [1.29, 1.82) is 0 Å². The summed E-state index contributed by atoms with van der Waals surface area (Å²) in [4.78, 5) is 11.6. The fraction of sp³-hybridized carbons (Fsp3) is 0.900. The lowest BCUT2D eigenvalue weighted by molar-refractivity contribution is -0.161. The largest absolute Gasteiger partial charge is 0.459 e. The van der Waals surface area contributed by atoms with Gasteiger partial charge in [-0.15, -0.1) is 0 Å². The van der Waals surface area contributed by atoms with Gasteiger partial charge in [-0.25, -0.2) is 0 Å². The van der Waals surface area contributed by atoms with Crippen molar-refractivity contribution >= 4 is 5.97 Å². The van der Waals surface area contributed by atoms with Gasteiger partial charge in [-0.05, 0) is 27.7 Å². The molecule has 1 rings (SSSR count). The second-order valence-corrected chi connectivity index (χ2v) is 4.69. The number of carbonyl (C=O) groups is 1. The zero-order valence-corrected chi connectivity index (χ0v) is 9.29. The average molecular weight is 201 g/mol. The normalized spacial score (nSPS) is 28.6. The highest BCUT2D eigenvalue weighted by Crippen LogP contribution is 2.10. The van der Waals surface area contributed by atoms with Gasteiger partial charge in [-0.3, -0.25) is 10.1 Å². The van der Waals surface area contributed by atoms with Gasteiger partial charge in [0.1, 0.15) is 11.6 Å². The summed E-state index contributed by atoms with van der Waals surface area (Å²) in [6.45, 7) is 8.61. The van der Waals surface area contributed by atoms with Crippen LogP contribution in [-0.4, -0.2) is 36.9 Å². The zero-order valence-electron chi connectivity index (χ0n) is 9.29. The molecule has 0 spiro atoms. The van der Waals surface area contributed by atoms with Gasteiger partial charge in [0.05, 0.1) is 13.2 Å². The van der Waals surface area contributed by atoms with Gasteiger partial charge < -0.3 is 9.47 Å². The maximum Gasteiger partial charge on any atom is 0.326 e. The third kappa shape index (κ3) is 3.64. The molecule has 0 aromatic rings. The smallest absolute Gasteiger partial charge is 0.326 e. The van der Waals surface area contributed by atoms with E-state index in [2.05, 4.69) is 5.32 Å². The van der Waals surface area contributed by atoms with Gasteiger partial charge in [-0.1, -0.05) is 0 Å². The summed E-state index contributed by atoms with van der Waals surface area (Å²) < 4.78 is 10.5. The first-order valence-corrected chi connectivity index (χ1v) is 4.95. The number of hydrogen-bond acceptors (Lipinski definition) is 4. The van der Waals surface area contributed by atoms with E-state index in [4.69, 9.17) is 9.47 Å². The molecule has 1 aliphatic rings. The molecule has 0 aromatic heterocycles. The predicted molar refractivity (Wildman–Crippen MR) is 53.0 cm³/mol. The molecule has 14 heavy (non-hydrogen) atoms. The van der Waals surface area contributed by atoms with Gasteiger partial charge in [0.25, 0.3) is 0 Å². The summed E-state index contributed by atoms with van der Waals surface area (Å²) >= 11 is 0. The van der Waals surface area contributed by atoms with E-state index in [1.807, 2.05) is 27.7 Å². The van der Waals surface area contributed by atoms with E-state index in [-0.39, 0.29) is 18.1 Å². The third-order valence-corrected chi connectivity index (χ3v) is 1.83. The first-order valence-electron chi connectivity index (χ1n) is 4.95. The number of esters is 1. The fourth-order valence-corrected chi connectivity index (χ4v) is 1.31. The van der Waals surface area contributed by atoms with Crippen molar-refractivity contribution in [2.45, 2.75) is 45.4 Å². The highest BCUT2D eigenvalue weighted by molar-refractivity contribution is 5.76. The molecule has 0 amide bonds. The van der Waals surface area contributed by atoms with Gasteiger partial charge in [-0.2, -0.15) is 0 Å². The molecule has 1 saturated heterocycles. The highest BCUT2D eigenvalue weighted by atomic mass is 16.6. The van der Waals surface area contributed by atoms with E-state index in [0.29, 0.717) is 13.2 Å². The van der Waals surface area contributed by atoms with Gasteiger partial charge in [0, 0.05) is 6.04 Å². The summed E-state index contributed by atoms with van der Waals surface area (Å²) in [5.74, 6) is -0.232. The molecule has 0 aliphatic carbocycles. The monoisotopic (exact) mass is 201 g/mol. The molecule has 4 nitrogen and oxygen atoms in total. The lowest BCUT2D eigenvalue weighted by Gasteiger charge is -2.30. The number of ether oxygens (including phenoxy) is 2. The Morgan fingerprint density at radius 2 is 2.07 bits per heavy atom. The molecule has 1 fully saturated rings. The molecule has 0 unspecified atom stereocenters. The quantitative estimate of drug-likeness (QED) is 0.635. The van der Waals surface area contributed by atoms with Gasteiger partial charge >= 0.3 is 5.97 Å². The fourth-order valence-electron chi connectivity index (χ4n) is 1.31. The van der Waals surface area contributed by atoms with E-state index in [1.165, 1.54) is 0 Å². The van der Waals surface area contributed by atoms with Crippen molar-refractivity contribution in [2.75, 3.05) is 13.2 Å². The lowest BCUT2D eigenvalue weighted by Crippen LogP contribution is -2.53. The van der Waals surface area contributed by atoms with Crippen LogP contribution in [0.2, 0.25) is 0 Å². The molecular weight excluding hydrogens is 182 g/mol. The first kappa shape index (κ1) is 11.5. The Morgan fingerprint density at radius 1 is 1.43 bits per heavy atom. The van der Waals surface area contributed by atoms with E-state index in [1.54, 1.807) is 0 Å². The summed E-state index contributed by atoms with van der Waals surface area (Å²) in [7, 11) is 0. The van der Waals surface area contributed by atoms with E-state index < -0.39 is 5.60 Å². The SMILES string of the molecule is C[C@@H]1COC[C@H](C(=O)OC(C)(C)C)N1. The molecule has 0 bridgehead atoms. The molecule has 1 N–H and O–H groups in total. The Morgan fingerprint density at radius 3 is 2.57 bits per heavy atom. The molecule has 0 radical (unpaired) electrons. The Balaban J connectivity index is 2.44. The third-order valence-electron chi connectivity index (χ3n) is 1.83. The number of nitrogens with one attached hydrogen (secondary N) is 1. The van der Waals surface area contributed by atoms with Crippen LogP contribution in [0.1, 0.15) is 27.7 Å². The molecule has 1 heterocycles. The second kappa shape index (κ2) is 4.28. The summed E-state index contributed by atoms with van der Waals surface area (Å²) in [6, 6.07) is -0.112. The van der Waals surface area contributed by atoms with Crippen LogP contribution in [0.15, 0.2) is 0 Å². The Labute approximate surface area is 85.0 Å². The van der Waals surface area contributed by atoms with Crippen molar-refractivity contribution in [3.05, 3.63) is 0 Å². The molecule has 0 saturated carbocycles. The van der Waals surface area contributed by atoms with Crippen LogP contribution in [0.25, 0.3) is 0 Å². The molecule has 0 aromatic carbocycles. The number of morpholine rings is 1. The van der Waals surface area contributed by atoms with Crippen LogP contribution < -0.4 is 5.32 Å². The average Bonchev–Trinajstić information content (AvgIpc) is 2.01. The Hall–Kier alpha value is -0.610. The number of rotatable bonds is 1. The van der Waals surface area contributed by atoms with Crippen LogP contribution >= 0.6 is 0 Å². The minimum absolute atomic E-state index is 0.210. The van der Waals surface area contributed by atoms with Crippen molar-refractivity contribution in [3.8, 4) is 0 Å². The highest BCUT2D eigenvalue weighted by Gasteiger charge is 2.29. The van der Waals surface area contributed by atoms with Crippen LogP contribution in [-0.2, 0) is 14.3 Å². The lowest BCUT2D eigenvalue weighted by atomic mass is 10.1. The summed E-state index contributed by atoms with van der Waals surface area (Å²) in [5.41, 5.74) is -0.431. The predicted octanol–water partition coefficient (Wildman–Crippen LogP) is 0.705. The Bertz CT molecular complexity index is 210. The summed E-state index contributed by atoms with van der Waals surface area (Å²) in [5, 5.41) is 3.14. The van der Waals surface area contributed by atoms with Crippen molar-refractivity contribution in [1.82, 2.24) is 5.32 Å². The van der Waals surface area contributed by atoms with Crippen molar-refractivity contribution < 1.29 is 14.3 Å². The molecular formula is C10H19NO3. The standard InChI is InChI=1S/C10H19NO3/c1-7-5-13-6-8(11-7)9(12)14-10(2,3)4/h7-8,11H,5-6H2,1-4H3/t7-,8-/m1/s1. The van der Waals surface area contributed by atoms with Crippen LogP contribution in [0.5, 0.6) is 0 Å². The van der Waals surface area contributed by atoms with Crippen LogP contribution in [0.3, 0.4) is 0 Å². The summed E-state index contributed by atoms with van der Waals surface area (Å²) in [6.07, 6.45) is 0. The number of carbonyl (C=O) groups excluding carboxylic acids is 1. The van der Waals surface area contributed by atoms with E-state index >= 15 is 0 Å². The maximum atomic E-state index is 11.6. The molecule has 2 atom stereocenters. The minimum Gasteiger partial charge on any atom is -0.459 e. The van der Waals surface area contributed by atoms with Gasteiger partial charge in [0.2, 0.25) is 0 Å². The number of hydrogen-bond donors (Lipinski definition) is 1. The van der Waals surface area contributed by atoms with Crippen LogP contribution in [0, 0.1) is 0 Å². The molecule has 82 valence electrons. The maximum absolute atomic E-state index is 11.6. The second-order valence-electron chi connectivity index (χ2n) is 4.69. The first-order chi connectivity index (χ1) is 6.38. The van der Waals surface area contributed by atoms with Crippen LogP contribution in [0.4, 0.5) is 0 Å².